The minimum atomic E-state index is -0.513. The minimum absolute atomic E-state index is 0.102. The fourth-order valence-corrected chi connectivity index (χ4v) is 3.93. The number of hydrogen-bond acceptors (Lipinski definition) is 8. The third-order valence-electron chi connectivity index (χ3n) is 5.17. The maximum atomic E-state index is 12.0. The highest BCUT2D eigenvalue weighted by Gasteiger charge is 2.08. The molecule has 17 heteroatoms. The van der Waals surface area contributed by atoms with Crippen molar-refractivity contribution in [3.8, 4) is 0 Å². The molecule has 0 saturated heterocycles. The van der Waals surface area contributed by atoms with Gasteiger partial charge in [0, 0.05) is 30.3 Å². The molecule has 2 heterocycles. The molecule has 0 radical (unpaired) electrons. The predicted octanol–water partition coefficient (Wildman–Crippen LogP) is 7.87. The SMILES string of the molecule is CN(C)CCCNc1ccnc(NC(=O)Nc2ccc(Cl)c(Cl)c2)n1.O=C(Nc1ccc(Cl)c(Cl)c1)Nc1nccc(Cl)n1. The Morgan fingerprint density at radius 2 is 1.20 bits per heavy atom. The molecule has 0 fully saturated rings. The Morgan fingerprint density at radius 1 is 0.682 bits per heavy atom. The topological polar surface area (TPSA) is 149 Å². The van der Waals surface area contributed by atoms with Crippen molar-refractivity contribution < 1.29 is 9.59 Å². The van der Waals surface area contributed by atoms with E-state index in [0.717, 1.165) is 19.5 Å². The zero-order valence-electron chi connectivity index (χ0n) is 23.3. The molecule has 0 atom stereocenters. The van der Waals surface area contributed by atoms with Crippen molar-refractivity contribution in [2.24, 2.45) is 0 Å². The third kappa shape index (κ3) is 12.5. The molecular formula is C27H27Cl5N10O2. The molecule has 232 valence electrons. The zero-order chi connectivity index (χ0) is 32.1. The van der Waals surface area contributed by atoms with Crippen LogP contribution >= 0.6 is 58.0 Å². The fourth-order valence-electron chi connectivity index (χ4n) is 3.20. The van der Waals surface area contributed by atoms with Gasteiger partial charge in [0.15, 0.2) is 0 Å². The summed E-state index contributed by atoms with van der Waals surface area (Å²) >= 11 is 29.0. The van der Waals surface area contributed by atoms with Gasteiger partial charge in [0.1, 0.15) is 11.0 Å². The molecule has 4 aromatic rings. The van der Waals surface area contributed by atoms with E-state index in [4.69, 9.17) is 58.0 Å². The molecule has 0 spiro atoms. The molecule has 4 amide bonds. The molecule has 2 aromatic carbocycles. The van der Waals surface area contributed by atoms with Gasteiger partial charge in [-0.25, -0.2) is 24.5 Å². The summed E-state index contributed by atoms with van der Waals surface area (Å²) in [7, 11) is 4.05. The highest BCUT2D eigenvalue weighted by Crippen LogP contribution is 2.26. The van der Waals surface area contributed by atoms with Crippen molar-refractivity contribution in [3.63, 3.8) is 0 Å². The van der Waals surface area contributed by atoms with Gasteiger partial charge in [-0.15, -0.1) is 0 Å². The van der Waals surface area contributed by atoms with Gasteiger partial charge in [0.25, 0.3) is 0 Å². The maximum absolute atomic E-state index is 12.0. The van der Waals surface area contributed by atoms with Crippen LogP contribution < -0.4 is 26.6 Å². The second-order valence-electron chi connectivity index (χ2n) is 8.97. The number of hydrogen-bond donors (Lipinski definition) is 5. The number of urea groups is 2. The Labute approximate surface area is 278 Å². The number of amides is 4. The lowest BCUT2D eigenvalue weighted by atomic mass is 10.3. The van der Waals surface area contributed by atoms with Gasteiger partial charge in [-0.3, -0.25) is 10.6 Å². The van der Waals surface area contributed by atoms with Crippen LogP contribution in [0.3, 0.4) is 0 Å². The molecule has 4 rings (SSSR count). The third-order valence-corrected chi connectivity index (χ3v) is 6.86. The molecule has 0 bridgehead atoms. The van der Waals surface area contributed by atoms with Gasteiger partial charge in [0.2, 0.25) is 11.9 Å². The van der Waals surface area contributed by atoms with Gasteiger partial charge in [-0.05, 0) is 75.6 Å². The van der Waals surface area contributed by atoms with Crippen molar-refractivity contribution in [1.29, 1.82) is 0 Å². The van der Waals surface area contributed by atoms with Crippen LogP contribution in [0.15, 0.2) is 60.9 Å². The van der Waals surface area contributed by atoms with E-state index in [0.29, 0.717) is 37.3 Å². The van der Waals surface area contributed by atoms with E-state index in [2.05, 4.69) is 51.4 Å². The van der Waals surface area contributed by atoms with Crippen molar-refractivity contribution in [2.75, 3.05) is 53.8 Å². The van der Waals surface area contributed by atoms with Crippen LogP contribution in [0.2, 0.25) is 25.2 Å². The second-order valence-corrected chi connectivity index (χ2v) is 11.0. The number of aromatic nitrogens is 4. The zero-order valence-corrected chi connectivity index (χ0v) is 27.1. The normalized spacial score (nSPS) is 10.4. The number of halogens is 5. The smallest absolute Gasteiger partial charge is 0.326 e. The van der Waals surface area contributed by atoms with Gasteiger partial charge in [-0.1, -0.05) is 58.0 Å². The van der Waals surface area contributed by atoms with Crippen molar-refractivity contribution in [3.05, 3.63) is 86.2 Å². The summed E-state index contributed by atoms with van der Waals surface area (Å²) in [5.74, 6) is 0.957. The van der Waals surface area contributed by atoms with Crippen LogP contribution in [0.25, 0.3) is 0 Å². The largest absolute Gasteiger partial charge is 0.370 e. The number of benzene rings is 2. The molecule has 0 unspecified atom stereocenters. The first-order chi connectivity index (χ1) is 21.0. The first kappa shape index (κ1) is 34.8. The lowest BCUT2D eigenvalue weighted by Crippen LogP contribution is -2.21. The average molecular weight is 701 g/mol. The van der Waals surface area contributed by atoms with Gasteiger partial charge in [0.05, 0.1) is 20.1 Å². The molecule has 0 aliphatic heterocycles. The average Bonchev–Trinajstić information content (AvgIpc) is 2.95. The molecular weight excluding hydrogens is 674 g/mol. The Morgan fingerprint density at radius 3 is 1.70 bits per heavy atom. The predicted molar refractivity (Wildman–Crippen MR) is 179 cm³/mol. The summed E-state index contributed by atoms with van der Waals surface area (Å²) in [4.78, 5) is 41.7. The van der Waals surface area contributed by atoms with E-state index in [9.17, 15) is 9.59 Å². The monoisotopic (exact) mass is 698 g/mol. The van der Waals surface area contributed by atoms with Gasteiger partial charge in [-0.2, -0.15) is 4.98 Å². The summed E-state index contributed by atoms with van der Waals surface area (Å²) in [6.07, 6.45) is 4.00. The number of nitrogens with zero attached hydrogens (tertiary/aromatic N) is 5. The van der Waals surface area contributed by atoms with E-state index in [1.807, 2.05) is 14.1 Å². The molecule has 2 aromatic heterocycles. The van der Waals surface area contributed by atoms with Crippen molar-refractivity contribution in [1.82, 2.24) is 24.8 Å². The summed E-state index contributed by atoms with van der Waals surface area (Å²) in [6.45, 7) is 1.76. The van der Waals surface area contributed by atoms with Crippen LogP contribution in [0.5, 0.6) is 0 Å². The van der Waals surface area contributed by atoms with Crippen LogP contribution in [0.1, 0.15) is 6.42 Å². The second kappa shape index (κ2) is 17.6. The Kier molecular flexibility index (Phi) is 13.9. The van der Waals surface area contributed by atoms with Crippen LogP contribution in [0, 0.1) is 0 Å². The van der Waals surface area contributed by atoms with Crippen molar-refractivity contribution in [2.45, 2.75) is 6.42 Å². The Bertz CT molecular complexity index is 1580. The molecule has 12 nitrogen and oxygen atoms in total. The number of nitrogens with one attached hydrogen (secondary N) is 5. The Hall–Kier alpha value is -3.65. The molecule has 5 N–H and O–H groups in total. The molecule has 0 aliphatic carbocycles. The van der Waals surface area contributed by atoms with E-state index in [1.165, 1.54) is 18.3 Å². The summed E-state index contributed by atoms with van der Waals surface area (Å²) in [6, 6.07) is 11.8. The summed E-state index contributed by atoms with van der Waals surface area (Å²) in [5.41, 5.74) is 1.01. The summed E-state index contributed by atoms with van der Waals surface area (Å²) < 4.78 is 0. The highest BCUT2D eigenvalue weighted by atomic mass is 35.5. The quantitative estimate of drug-likeness (QED) is 0.0875. The molecule has 0 aliphatic rings. The van der Waals surface area contributed by atoms with E-state index in [-0.39, 0.29) is 17.0 Å². The first-order valence-corrected chi connectivity index (χ1v) is 14.6. The lowest BCUT2D eigenvalue weighted by Gasteiger charge is -2.11. The van der Waals surface area contributed by atoms with Gasteiger partial charge >= 0.3 is 12.1 Å². The number of carbonyl (C=O) groups is 2. The first-order valence-electron chi connectivity index (χ1n) is 12.7. The highest BCUT2D eigenvalue weighted by molar-refractivity contribution is 6.42. The lowest BCUT2D eigenvalue weighted by molar-refractivity contribution is 0.261. The van der Waals surface area contributed by atoms with E-state index >= 15 is 0 Å². The fraction of sp³-hybridized carbons (Fsp3) is 0.185. The van der Waals surface area contributed by atoms with Crippen LogP contribution in [-0.2, 0) is 0 Å². The molecule has 0 saturated carbocycles. The standard InChI is InChI=1S/C16H20Cl2N6O.C11H7Cl3N4O/c1-24(2)9-3-7-19-14-6-8-20-15(22-14)23-16(25)21-11-4-5-12(17)13(18)10-11;12-7-2-1-6(5-8(7)13)16-11(19)18-10-15-4-3-9(14)17-10/h4-6,8,10H,3,7,9H2,1-2H3,(H3,19,20,21,22,23,25);1-5H,(H2,15,16,17,18,19). The maximum Gasteiger partial charge on any atom is 0.326 e. The Balaban J connectivity index is 0.000000249. The number of carbonyl (C=O) groups excluding carboxylic acids is 2. The van der Waals surface area contributed by atoms with Crippen LogP contribution in [0.4, 0.5) is 38.7 Å². The molecule has 44 heavy (non-hydrogen) atoms. The number of anilines is 5. The van der Waals surface area contributed by atoms with E-state index < -0.39 is 12.1 Å². The minimum Gasteiger partial charge on any atom is -0.370 e. The van der Waals surface area contributed by atoms with Gasteiger partial charge < -0.3 is 20.9 Å². The van der Waals surface area contributed by atoms with Crippen LogP contribution in [-0.4, -0.2) is 64.1 Å². The number of rotatable bonds is 9. The summed E-state index contributed by atoms with van der Waals surface area (Å²) in [5, 5.41) is 15.2. The van der Waals surface area contributed by atoms with E-state index in [1.54, 1.807) is 42.6 Å². The van der Waals surface area contributed by atoms with Crippen molar-refractivity contribution >= 4 is 99.2 Å².